The molecule has 0 N–H and O–H groups in total. The number of morpholine rings is 1. The highest BCUT2D eigenvalue weighted by atomic mass is 16.5. The van der Waals surface area contributed by atoms with Crippen molar-refractivity contribution in [1.29, 1.82) is 0 Å². The third-order valence-corrected chi connectivity index (χ3v) is 5.90. The molecule has 3 aromatic heterocycles. The number of ether oxygens (including phenoxy) is 2. The number of carbonyl (C=O) groups excluding carboxylic acids is 1. The Morgan fingerprint density at radius 3 is 2.57 bits per heavy atom. The number of rotatable bonds is 5. The maximum atomic E-state index is 13.0. The maximum absolute atomic E-state index is 13.0. The summed E-state index contributed by atoms with van der Waals surface area (Å²) in [5.41, 5.74) is 5.72. The molecule has 1 fully saturated rings. The molecule has 0 aliphatic carbocycles. The topological polar surface area (TPSA) is 61.0 Å². The quantitative estimate of drug-likeness (QED) is 0.602. The summed E-state index contributed by atoms with van der Waals surface area (Å²) < 4.78 is 15.2. The molecule has 0 bridgehead atoms. The molecule has 0 radical (unpaired) electrons. The number of hydrogen-bond donors (Lipinski definition) is 0. The molecule has 160 valence electrons. The molecule has 1 saturated heterocycles. The Hall–Kier alpha value is -2.64. The van der Waals surface area contributed by atoms with E-state index in [1.807, 2.05) is 44.6 Å². The van der Waals surface area contributed by atoms with Gasteiger partial charge in [-0.3, -0.25) is 9.58 Å². The van der Waals surface area contributed by atoms with Gasteiger partial charge in [-0.15, -0.1) is 0 Å². The van der Waals surface area contributed by atoms with E-state index >= 15 is 0 Å². The van der Waals surface area contributed by atoms with Crippen LogP contribution >= 0.6 is 0 Å². The smallest absolute Gasteiger partial charge is 0.338 e. The number of aromatic nitrogens is 3. The van der Waals surface area contributed by atoms with E-state index < -0.39 is 0 Å². The fourth-order valence-electron chi connectivity index (χ4n) is 4.36. The summed E-state index contributed by atoms with van der Waals surface area (Å²) in [7, 11) is 1.93. The third kappa shape index (κ3) is 3.63. The lowest BCUT2D eigenvalue weighted by Crippen LogP contribution is -2.39. The van der Waals surface area contributed by atoms with Gasteiger partial charge in [0.05, 0.1) is 36.1 Å². The zero-order valence-corrected chi connectivity index (χ0v) is 18.4. The van der Waals surface area contributed by atoms with Gasteiger partial charge in [0.1, 0.15) is 0 Å². The van der Waals surface area contributed by atoms with Crippen molar-refractivity contribution in [2.24, 2.45) is 7.05 Å². The molecule has 4 heterocycles. The second-order valence-corrected chi connectivity index (χ2v) is 8.17. The number of pyridine rings is 1. The SMILES string of the molecule is Cc1c(C(=O)OC(C)C)cc2c(-c3ccnn3C)ccn2c1C(C)N1CCOCC1. The minimum absolute atomic E-state index is 0.134. The number of fused-ring (bicyclic) bond motifs is 1. The predicted molar refractivity (Wildman–Crippen MR) is 116 cm³/mol. The van der Waals surface area contributed by atoms with Crippen molar-refractivity contribution in [3.8, 4) is 11.3 Å². The molecule has 0 saturated carbocycles. The molecular formula is C23H30N4O3. The highest BCUT2D eigenvalue weighted by Crippen LogP contribution is 2.33. The standard InChI is InChI=1S/C23H30N4O3/c1-15(2)30-23(28)19-14-21-18(20-6-8-24-25(20)5)7-9-27(21)22(16(19)3)17(4)26-10-12-29-13-11-26/h6-9,14-15,17H,10-13H2,1-5H3. The molecular weight excluding hydrogens is 380 g/mol. The van der Waals surface area contributed by atoms with Gasteiger partial charge < -0.3 is 13.9 Å². The van der Waals surface area contributed by atoms with Gasteiger partial charge >= 0.3 is 5.97 Å². The molecule has 1 atom stereocenters. The van der Waals surface area contributed by atoms with Crippen LogP contribution in [0.2, 0.25) is 0 Å². The van der Waals surface area contributed by atoms with Crippen molar-refractivity contribution in [3.63, 3.8) is 0 Å². The lowest BCUT2D eigenvalue weighted by atomic mass is 10.00. The first-order chi connectivity index (χ1) is 14.4. The minimum Gasteiger partial charge on any atom is -0.459 e. The van der Waals surface area contributed by atoms with Crippen LogP contribution < -0.4 is 0 Å². The van der Waals surface area contributed by atoms with Crippen LogP contribution in [0.15, 0.2) is 30.6 Å². The Morgan fingerprint density at radius 2 is 1.93 bits per heavy atom. The molecule has 1 aliphatic heterocycles. The normalized spacial score (nSPS) is 16.3. The van der Waals surface area contributed by atoms with Gasteiger partial charge in [-0.2, -0.15) is 5.10 Å². The van der Waals surface area contributed by atoms with Crippen LogP contribution in [0, 0.1) is 6.92 Å². The van der Waals surface area contributed by atoms with Crippen LogP contribution in [0.5, 0.6) is 0 Å². The van der Waals surface area contributed by atoms with Crippen LogP contribution in [0.4, 0.5) is 0 Å². The van der Waals surface area contributed by atoms with E-state index in [1.54, 1.807) is 6.20 Å². The Morgan fingerprint density at radius 1 is 1.20 bits per heavy atom. The summed E-state index contributed by atoms with van der Waals surface area (Å²) in [5.74, 6) is -0.280. The average Bonchev–Trinajstić information content (AvgIpc) is 3.32. The van der Waals surface area contributed by atoms with Crippen molar-refractivity contribution >= 4 is 11.5 Å². The minimum atomic E-state index is -0.280. The maximum Gasteiger partial charge on any atom is 0.338 e. The fraction of sp³-hybridized carbons (Fsp3) is 0.478. The number of aryl methyl sites for hydroxylation is 1. The summed E-state index contributed by atoms with van der Waals surface area (Å²) in [5, 5.41) is 4.32. The van der Waals surface area contributed by atoms with Gasteiger partial charge in [-0.1, -0.05) is 0 Å². The number of esters is 1. The summed E-state index contributed by atoms with van der Waals surface area (Å²) in [6.07, 6.45) is 3.71. The molecule has 0 amide bonds. The first-order valence-electron chi connectivity index (χ1n) is 10.5. The van der Waals surface area contributed by atoms with Crippen LogP contribution in [0.3, 0.4) is 0 Å². The Bertz CT molecular complexity index is 1060. The van der Waals surface area contributed by atoms with E-state index in [1.165, 1.54) is 0 Å². The van der Waals surface area contributed by atoms with Gasteiger partial charge in [0, 0.05) is 49.8 Å². The number of carbonyl (C=O) groups is 1. The zero-order chi connectivity index (χ0) is 21.4. The van der Waals surface area contributed by atoms with Crippen molar-refractivity contribution in [2.75, 3.05) is 26.3 Å². The van der Waals surface area contributed by atoms with Gasteiger partial charge in [0.25, 0.3) is 0 Å². The lowest BCUT2D eigenvalue weighted by molar-refractivity contribution is 0.0186. The second kappa shape index (κ2) is 8.24. The first-order valence-corrected chi connectivity index (χ1v) is 10.5. The summed E-state index contributed by atoms with van der Waals surface area (Å²) >= 11 is 0. The Balaban J connectivity index is 1.91. The van der Waals surface area contributed by atoms with E-state index in [0.29, 0.717) is 5.56 Å². The van der Waals surface area contributed by atoms with Gasteiger partial charge in [0.15, 0.2) is 0 Å². The van der Waals surface area contributed by atoms with Crippen LogP contribution in [0.1, 0.15) is 48.4 Å². The highest BCUT2D eigenvalue weighted by Gasteiger charge is 2.27. The number of hydrogen-bond acceptors (Lipinski definition) is 5. The van der Waals surface area contributed by atoms with Crippen molar-refractivity contribution < 1.29 is 14.3 Å². The van der Waals surface area contributed by atoms with Crippen LogP contribution in [-0.2, 0) is 16.5 Å². The van der Waals surface area contributed by atoms with E-state index in [0.717, 1.165) is 54.3 Å². The molecule has 1 unspecified atom stereocenters. The van der Waals surface area contributed by atoms with E-state index in [-0.39, 0.29) is 18.1 Å². The third-order valence-electron chi connectivity index (χ3n) is 5.90. The summed E-state index contributed by atoms with van der Waals surface area (Å²) in [6, 6.07) is 6.18. The number of nitrogens with zero attached hydrogens (tertiary/aromatic N) is 4. The van der Waals surface area contributed by atoms with E-state index in [4.69, 9.17) is 9.47 Å². The van der Waals surface area contributed by atoms with E-state index in [2.05, 4.69) is 33.6 Å². The molecule has 30 heavy (non-hydrogen) atoms. The molecule has 3 aromatic rings. The van der Waals surface area contributed by atoms with Crippen LogP contribution in [-0.4, -0.2) is 57.5 Å². The zero-order valence-electron chi connectivity index (χ0n) is 18.4. The van der Waals surface area contributed by atoms with Crippen molar-refractivity contribution in [3.05, 3.63) is 47.4 Å². The molecule has 7 heteroatoms. The van der Waals surface area contributed by atoms with Crippen molar-refractivity contribution in [2.45, 2.75) is 39.8 Å². The highest BCUT2D eigenvalue weighted by molar-refractivity contribution is 5.95. The van der Waals surface area contributed by atoms with Gasteiger partial charge in [-0.25, -0.2) is 4.79 Å². The molecule has 0 aromatic carbocycles. The lowest BCUT2D eigenvalue weighted by Gasteiger charge is -2.34. The molecule has 4 rings (SSSR count). The molecule has 0 spiro atoms. The fourth-order valence-corrected chi connectivity index (χ4v) is 4.36. The Kier molecular flexibility index (Phi) is 5.66. The predicted octanol–water partition coefficient (Wildman–Crippen LogP) is 3.61. The van der Waals surface area contributed by atoms with Gasteiger partial charge in [-0.05, 0) is 51.5 Å². The monoisotopic (exact) mass is 410 g/mol. The summed E-state index contributed by atoms with van der Waals surface area (Å²) in [6.45, 7) is 11.2. The second-order valence-electron chi connectivity index (χ2n) is 8.17. The van der Waals surface area contributed by atoms with E-state index in [9.17, 15) is 4.79 Å². The van der Waals surface area contributed by atoms with Crippen molar-refractivity contribution in [1.82, 2.24) is 19.1 Å². The molecule has 7 nitrogen and oxygen atoms in total. The van der Waals surface area contributed by atoms with Gasteiger partial charge in [0.2, 0.25) is 0 Å². The largest absolute Gasteiger partial charge is 0.459 e. The Labute approximate surface area is 177 Å². The first kappa shape index (κ1) is 20.6. The van der Waals surface area contributed by atoms with Crippen LogP contribution in [0.25, 0.3) is 16.8 Å². The average molecular weight is 411 g/mol. The summed E-state index contributed by atoms with van der Waals surface area (Å²) in [4.78, 5) is 15.4. The molecule has 1 aliphatic rings.